The monoisotopic (exact) mass is 218 g/mol. The predicted octanol–water partition coefficient (Wildman–Crippen LogP) is 0.793. The van der Waals surface area contributed by atoms with Crippen molar-refractivity contribution in [3.63, 3.8) is 0 Å². The van der Waals surface area contributed by atoms with Gasteiger partial charge in [-0.25, -0.2) is 0 Å². The molecule has 0 spiro atoms. The molecule has 0 aliphatic carbocycles. The molecule has 1 aromatic carbocycles. The predicted molar refractivity (Wildman–Crippen MR) is 57.4 cm³/mol. The summed E-state index contributed by atoms with van der Waals surface area (Å²) in [5.74, 6) is -0.553. The lowest BCUT2D eigenvalue weighted by Crippen LogP contribution is -2.12. The summed E-state index contributed by atoms with van der Waals surface area (Å²) in [6.07, 6.45) is 1.32. The first-order valence-electron chi connectivity index (χ1n) is 4.37. The van der Waals surface area contributed by atoms with Crippen molar-refractivity contribution in [2.24, 2.45) is 5.73 Å². The minimum Gasteiger partial charge on any atom is -0.504 e. The van der Waals surface area contributed by atoms with Gasteiger partial charge in [0.25, 0.3) is 5.91 Å². The van der Waals surface area contributed by atoms with E-state index in [-0.39, 0.29) is 17.1 Å². The molecule has 0 bridgehead atoms. The molecule has 82 valence electrons. The number of ether oxygens (including phenoxy) is 1. The fourth-order valence-corrected chi connectivity index (χ4v) is 1.11. The number of amides is 1. The summed E-state index contributed by atoms with van der Waals surface area (Å²) in [5.41, 5.74) is 5.37. The maximum absolute atomic E-state index is 10.8. The van der Waals surface area contributed by atoms with Crippen molar-refractivity contribution in [1.82, 2.24) is 0 Å². The molecule has 1 aromatic rings. The zero-order valence-electron chi connectivity index (χ0n) is 8.60. The zero-order valence-corrected chi connectivity index (χ0v) is 8.60. The molecule has 1 rings (SSSR count). The molecule has 3 N–H and O–H groups in total. The highest BCUT2D eigenvalue weighted by Crippen LogP contribution is 2.27. The minimum atomic E-state index is -0.797. The third kappa shape index (κ3) is 2.51. The van der Waals surface area contributed by atoms with E-state index in [1.54, 1.807) is 6.07 Å². The second-order valence-corrected chi connectivity index (χ2v) is 2.97. The van der Waals surface area contributed by atoms with Crippen molar-refractivity contribution in [1.29, 1.82) is 5.26 Å². The van der Waals surface area contributed by atoms with Crippen LogP contribution < -0.4 is 10.5 Å². The first-order valence-corrected chi connectivity index (χ1v) is 4.37. The molecule has 0 unspecified atom stereocenters. The SMILES string of the molecule is COc1cc(/C=C(/C#N)C(N)=O)ccc1O. The van der Waals surface area contributed by atoms with E-state index in [4.69, 9.17) is 15.7 Å². The minimum absolute atomic E-state index is 0.0165. The Morgan fingerprint density at radius 2 is 2.31 bits per heavy atom. The van der Waals surface area contributed by atoms with E-state index < -0.39 is 5.91 Å². The summed E-state index contributed by atoms with van der Waals surface area (Å²) in [4.78, 5) is 10.8. The van der Waals surface area contributed by atoms with Crippen LogP contribution in [0.25, 0.3) is 6.08 Å². The quantitative estimate of drug-likeness (QED) is 0.579. The lowest BCUT2D eigenvalue weighted by atomic mass is 10.1. The van der Waals surface area contributed by atoms with Crippen LogP contribution in [0.15, 0.2) is 23.8 Å². The van der Waals surface area contributed by atoms with Gasteiger partial charge in [-0.3, -0.25) is 4.79 Å². The lowest BCUT2D eigenvalue weighted by molar-refractivity contribution is -0.114. The fraction of sp³-hybridized carbons (Fsp3) is 0.0909. The summed E-state index contributed by atoms with van der Waals surface area (Å²) in [6, 6.07) is 6.12. The van der Waals surface area contributed by atoms with Crippen LogP contribution in [0, 0.1) is 11.3 Å². The molecule has 5 heteroatoms. The van der Waals surface area contributed by atoms with Crippen LogP contribution in [0.4, 0.5) is 0 Å². The van der Waals surface area contributed by atoms with Crippen LogP contribution in [-0.2, 0) is 4.79 Å². The lowest BCUT2D eigenvalue weighted by Gasteiger charge is -2.03. The Morgan fingerprint density at radius 3 is 2.81 bits per heavy atom. The third-order valence-electron chi connectivity index (χ3n) is 1.90. The van der Waals surface area contributed by atoms with E-state index in [9.17, 15) is 9.90 Å². The van der Waals surface area contributed by atoms with E-state index in [1.807, 2.05) is 0 Å². The van der Waals surface area contributed by atoms with Gasteiger partial charge in [-0.1, -0.05) is 6.07 Å². The van der Waals surface area contributed by atoms with Crippen LogP contribution in [-0.4, -0.2) is 18.1 Å². The number of hydrogen-bond acceptors (Lipinski definition) is 4. The Hall–Kier alpha value is -2.48. The molecule has 1 amide bonds. The summed E-state index contributed by atoms with van der Waals surface area (Å²) in [5, 5.41) is 18.0. The Kier molecular flexibility index (Phi) is 3.51. The standard InChI is InChI=1S/C11H10N2O3/c1-16-10-5-7(2-3-9(10)14)4-8(6-12)11(13)15/h2-5,14H,1H3,(H2,13,15)/b8-4-. The maximum atomic E-state index is 10.8. The van der Waals surface area contributed by atoms with Crippen LogP contribution in [0.3, 0.4) is 0 Å². The van der Waals surface area contributed by atoms with Gasteiger partial charge in [0.15, 0.2) is 11.5 Å². The molecule has 0 aliphatic rings. The van der Waals surface area contributed by atoms with Crippen molar-refractivity contribution >= 4 is 12.0 Å². The molecule has 0 atom stereocenters. The van der Waals surface area contributed by atoms with Crippen molar-refractivity contribution < 1.29 is 14.6 Å². The summed E-state index contributed by atoms with van der Waals surface area (Å²) >= 11 is 0. The van der Waals surface area contributed by atoms with Gasteiger partial charge in [0.05, 0.1) is 7.11 Å². The number of nitrogens with two attached hydrogens (primary N) is 1. The number of phenols is 1. The van der Waals surface area contributed by atoms with Crippen LogP contribution >= 0.6 is 0 Å². The maximum Gasteiger partial charge on any atom is 0.259 e. The Labute approximate surface area is 92.4 Å². The second-order valence-electron chi connectivity index (χ2n) is 2.97. The van der Waals surface area contributed by atoms with E-state index in [2.05, 4.69) is 0 Å². The zero-order chi connectivity index (χ0) is 12.1. The first kappa shape index (κ1) is 11.6. The van der Waals surface area contributed by atoms with Crippen LogP contribution in [0.5, 0.6) is 11.5 Å². The van der Waals surface area contributed by atoms with Gasteiger partial charge in [0, 0.05) is 0 Å². The Balaban J connectivity index is 3.16. The number of carbonyl (C=O) groups excluding carboxylic acids is 1. The highest BCUT2D eigenvalue weighted by atomic mass is 16.5. The number of carbonyl (C=O) groups is 1. The number of nitriles is 1. The van der Waals surface area contributed by atoms with Gasteiger partial charge >= 0.3 is 0 Å². The number of aromatic hydroxyl groups is 1. The largest absolute Gasteiger partial charge is 0.504 e. The number of rotatable bonds is 3. The van der Waals surface area contributed by atoms with E-state index >= 15 is 0 Å². The molecule has 5 nitrogen and oxygen atoms in total. The number of hydrogen-bond donors (Lipinski definition) is 2. The molecule has 0 saturated heterocycles. The Morgan fingerprint density at radius 1 is 1.62 bits per heavy atom. The average Bonchev–Trinajstić information content (AvgIpc) is 2.27. The van der Waals surface area contributed by atoms with Gasteiger partial charge in [-0.2, -0.15) is 5.26 Å². The number of nitrogens with zero attached hydrogens (tertiary/aromatic N) is 1. The summed E-state index contributed by atoms with van der Waals surface area (Å²) in [7, 11) is 1.40. The highest BCUT2D eigenvalue weighted by Gasteiger charge is 2.05. The Bertz CT molecular complexity index is 486. The number of phenolic OH excluding ortho intramolecular Hbond substituents is 1. The third-order valence-corrected chi connectivity index (χ3v) is 1.90. The van der Waals surface area contributed by atoms with Crippen molar-refractivity contribution in [2.75, 3.05) is 7.11 Å². The molecular formula is C11H10N2O3. The topological polar surface area (TPSA) is 96.3 Å². The average molecular weight is 218 g/mol. The van der Waals surface area contributed by atoms with E-state index in [1.165, 1.54) is 31.4 Å². The number of methoxy groups -OCH3 is 1. The highest BCUT2D eigenvalue weighted by molar-refractivity contribution is 6.00. The van der Waals surface area contributed by atoms with E-state index in [0.29, 0.717) is 5.56 Å². The van der Waals surface area contributed by atoms with Crippen molar-refractivity contribution in [2.45, 2.75) is 0 Å². The smallest absolute Gasteiger partial charge is 0.259 e. The second kappa shape index (κ2) is 4.84. The van der Waals surface area contributed by atoms with Gasteiger partial charge < -0.3 is 15.6 Å². The molecular weight excluding hydrogens is 208 g/mol. The van der Waals surface area contributed by atoms with Crippen molar-refractivity contribution in [3.05, 3.63) is 29.3 Å². The first-order chi connectivity index (χ1) is 7.58. The van der Waals surface area contributed by atoms with Crippen LogP contribution in [0.1, 0.15) is 5.56 Å². The summed E-state index contributed by atoms with van der Waals surface area (Å²) < 4.78 is 4.88. The van der Waals surface area contributed by atoms with Gasteiger partial charge in [-0.05, 0) is 23.8 Å². The molecule has 0 aromatic heterocycles. The normalized spacial score (nSPS) is 10.6. The molecule has 16 heavy (non-hydrogen) atoms. The molecule has 0 radical (unpaired) electrons. The van der Waals surface area contributed by atoms with Gasteiger partial charge in [0.2, 0.25) is 0 Å². The van der Waals surface area contributed by atoms with Crippen molar-refractivity contribution in [3.8, 4) is 17.6 Å². The van der Waals surface area contributed by atoms with E-state index in [0.717, 1.165) is 0 Å². The molecule has 0 saturated carbocycles. The molecule has 0 aliphatic heterocycles. The number of primary amides is 1. The van der Waals surface area contributed by atoms with Gasteiger partial charge in [-0.15, -0.1) is 0 Å². The van der Waals surface area contributed by atoms with Gasteiger partial charge in [0.1, 0.15) is 11.6 Å². The fourth-order valence-electron chi connectivity index (χ4n) is 1.11. The summed E-state index contributed by atoms with van der Waals surface area (Å²) in [6.45, 7) is 0. The van der Waals surface area contributed by atoms with Crippen LogP contribution in [0.2, 0.25) is 0 Å². The molecule has 0 heterocycles. The number of benzene rings is 1. The molecule has 0 fully saturated rings.